The Morgan fingerprint density at radius 2 is 1.58 bits per heavy atom. The Labute approximate surface area is 124 Å². The van der Waals surface area contributed by atoms with E-state index in [-0.39, 0.29) is 0 Å². The maximum absolute atomic E-state index is 3.58. The van der Waals surface area contributed by atoms with Gasteiger partial charge in [0.15, 0.2) is 0 Å². The maximum atomic E-state index is 3.58. The standard InChI is InChI=1S/C17H20BrN/c1-14(2)19(13-15-8-4-3-5-9-15)17-11-7-6-10-16(17)12-18/h3-11,14H,12-13H2,1-2H3. The Hall–Kier alpha value is -1.28. The molecule has 0 N–H and O–H groups in total. The molecule has 0 saturated carbocycles. The van der Waals surface area contributed by atoms with Crippen LogP contribution in [0.2, 0.25) is 0 Å². The molecule has 0 spiro atoms. The zero-order valence-corrected chi connectivity index (χ0v) is 13.1. The van der Waals surface area contributed by atoms with Gasteiger partial charge in [0.05, 0.1) is 0 Å². The minimum atomic E-state index is 0.473. The van der Waals surface area contributed by atoms with Crippen molar-refractivity contribution >= 4 is 21.6 Å². The summed E-state index contributed by atoms with van der Waals surface area (Å²) in [5.74, 6) is 0. The molecule has 0 aliphatic rings. The van der Waals surface area contributed by atoms with E-state index in [2.05, 4.69) is 89.3 Å². The predicted octanol–water partition coefficient (Wildman–Crippen LogP) is 5.00. The van der Waals surface area contributed by atoms with Gasteiger partial charge in [-0.25, -0.2) is 0 Å². The van der Waals surface area contributed by atoms with Crippen molar-refractivity contribution in [1.29, 1.82) is 0 Å². The van der Waals surface area contributed by atoms with Crippen LogP contribution in [0, 0.1) is 0 Å². The fourth-order valence-electron chi connectivity index (χ4n) is 2.23. The molecule has 0 aliphatic carbocycles. The average Bonchev–Trinajstić information content (AvgIpc) is 2.45. The molecule has 0 radical (unpaired) electrons. The second-order valence-corrected chi connectivity index (χ2v) is 5.53. The van der Waals surface area contributed by atoms with Gasteiger partial charge in [0, 0.05) is 23.6 Å². The summed E-state index contributed by atoms with van der Waals surface area (Å²) in [7, 11) is 0. The highest BCUT2D eigenvalue weighted by atomic mass is 79.9. The first-order valence-electron chi connectivity index (χ1n) is 6.67. The van der Waals surface area contributed by atoms with E-state index in [0.717, 1.165) is 11.9 Å². The molecule has 2 aromatic rings. The lowest BCUT2D eigenvalue weighted by atomic mass is 10.1. The third-order valence-electron chi connectivity index (χ3n) is 3.26. The summed E-state index contributed by atoms with van der Waals surface area (Å²) in [5, 5.41) is 0.890. The summed E-state index contributed by atoms with van der Waals surface area (Å²) in [6, 6.07) is 19.7. The van der Waals surface area contributed by atoms with Crippen molar-refractivity contribution in [1.82, 2.24) is 0 Å². The molecule has 0 unspecified atom stereocenters. The van der Waals surface area contributed by atoms with Gasteiger partial charge in [-0.15, -0.1) is 0 Å². The molecule has 1 nitrogen and oxygen atoms in total. The van der Waals surface area contributed by atoms with Crippen LogP contribution in [-0.4, -0.2) is 6.04 Å². The molecule has 0 saturated heterocycles. The van der Waals surface area contributed by atoms with Crippen molar-refractivity contribution < 1.29 is 0 Å². The molecule has 2 heteroatoms. The van der Waals surface area contributed by atoms with Crippen LogP contribution in [0.25, 0.3) is 0 Å². The van der Waals surface area contributed by atoms with Crippen LogP contribution in [-0.2, 0) is 11.9 Å². The van der Waals surface area contributed by atoms with Crippen LogP contribution in [0.1, 0.15) is 25.0 Å². The van der Waals surface area contributed by atoms with Gasteiger partial charge in [-0.3, -0.25) is 0 Å². The van der Waals surface area contributed by atoms with Gasteiger partial charge in [-0.2, -0.15) is 0 Å². The molecule has 100 valence electrons. The molecule has 0 heterocycles. The topological polar surface area (TPSA) is 3.24 Å². The zero-order chi connectivity index (χ0) is 13.7. The molecule has 19 heavy (non-hydrogen) atoms. The second-order valence-electron chi connectivity index (χ2n) is 4.97. The van der Waals surface area contributed by atoms with Crippen molar-refractivity contribution in [3.63, 3.8) is 0 Å². The molecule has 0 amide bonds. The number of nitrogens with zero attached hydrogens (tertiary/aromatic N) is 1. The monoisotopic (exact) mass is 317 g/mol. The van der Waals surface area contributed by atoms with E-state index in [1.165, 1.54) is 16.8 Å². The Kier molecular flexibility index (Phi) is 5.03. The van der Waals surface area contributed by atoms with Crippen LogP contribution >= 0.6 is 15.9 Å². The highest BCUT2D eigenvalue weighted by Crippen LogP contribution is 2.26. The molecular weight excluding hydrogens is 298 g/mol. The summed E-state index contributed by atoms with van der Waals surface area (Å²) in [6.07, 6.45) is 0. The van der Waals surface area contributed by atoms with Crippen molar-refractivity contribution in [3.8, 4) is 0 Å². The lowest BCUT2D eigenvalue weighted by Crippen LogP contribution is -2.30. The van der Waals surface area contributed by atoms with Crippen molar-refractivity contribution in [3.05, 3.63) is 65.7 Å². The first-order valence-corrected chi connectivity index (χ1v) is 7.79. The number of alkyl halides is 1. The minimum absolute atomic E-state index is 0.473. The summed E-state index contributed by atoms with van der Waals surface area (Å²) in [4.78, 5) is 2.45. The van der Waals surface area contributed by atoms with Gasteiger partial charge in [0.25, 0.3) is 0 Å². The van der Waals surface area contributed by atoms with Crippen molar-refractivity contribution in [2.75, 3.05) is 4.90 Å². The fourth-order valence-corrected chi connectivity index (χ4v) is 2.70. The predicted molar refractivity (Wildman–Crippen MR) is 86.8 cm³/mol. The molecule has 0 bridgehead atoms. The molecule has 0 aromatic heterocycles. The largest absolute Gasteiger partial charge is 0.365 e. The number of para-hydroxylation sites is 1. The number of hydrogen-bond acceptors (Lipinski definition) is 1. The quantitative estimate of drug-likeness (QED) is 0.702. The van der Waals surface area contributed by atoms with E-state index in [1.807, 2.05) is 0 Å². The van der Waals surface area contributed by atoms with Crippen molar-refractivity contribution in [2.45, 2.75) is 31.8 Å². The van der Waals surface area contributed by atoms with E-state index in [4.69, 9.17) is 0 Å². The molecule has 2 aromatic carbocycles. The molecule has 0 aliphatic heterocycles. The van der Waals surface area contributed by atoms with E-state index >= 15 is 0 Å². The number of halogens is 1. The Morgan fingerprint density at radius 3 is 2.21 bits per heavy atom. The SMILES string of the molecule is CC(C)N(Cc1ccccc1)c1ccccc1CBr. The van der Waals surface area contributed by atoms with Crippen LogP contribution in [0.3, 0.4) is 0 Å². The molecule has 0 atom stereocenters. The third-order valence-corrected chi connectivity index (χ3v) is 3.87. The Balaban J connectivity index is 2.30. The van der Waals surface area contributed by atoms with E-state index in [0.29, 0.717) is 6.04 Å². The van der Waals surface area contributed by atoms with Gasteiger partial charge in [-0.1, -0.05) is 64.5 Å². The Morgan fingerprint density at radius 1 is 0.947 bits per heavy atom. The van der Waals surface area contributed by atoms with Crippen LogP contribution in [0.5, 0.6) is 0 Å². The first kappa shape index (κ1) is 14.1. The molecular formula is C17H20BrN. The maximum Gasteiger partial charge on any atom is 0.0432 e. The normalized spacial score (nSPS) is 10.7. The second kappa shape index (κ2) is 6.76. The Bertz CT molecular complexity index is 508. The zero-order valence-electron chi connectivity index (χ0n) is 11.5. The van der Waals surface area contributed by atoms with Crippen LogP contribution in [0.4, 0.5) is 5.69 Å². The van der Waals surface area contributed by atoms with Gasteiger partial charge in [-0.05, 0) is 31.0 Å². The van der Waals surface area contributed by atoms with Gasteiger partial charge < -0.3 is 4.90 Å². The number of hydrogen-bond donors (Lipinski definition) is 0. The lowest BCUT2D eigenvalue weighted by molar-refractivity contribution is 0.680. The van der Waals surface area contributed by atoms with Gasteiger partial charge >= 0.3 is 0 Å². The highest BCUT2D eigenvalue weighted by molar-refractivity contribution is 9.08. The number of benzene rings is 2. The van der Waals surface area contributed by atoms with E-state index < -0.39 is 0 Å². The van der Waals surface area contributed by atoms with E-state index in [1.54, 1.807) is 0 Å². The average molecular weight is 318 g/mol. The molecule has 0 fully saturated rings. The third kappa shape index (κ3) is 3.60. The minimum Gasteiger partial charge on any atom is -0.365 e. The molecule has 2 rings (SSSR count). The van der Waals surface area contributed by atoms with Crippen molar-refractivity contribution in [2.24, 2.45) is 0 Å². The summed E-state index contributed by atoms with van der Waals surface area (Å²) in [5.41, 5.74) is 4.01. The first-order chi connectivity index (χ1) is 9.22. The van der Waals surface area contributed by atoms with Gasteiger partial charge in [0.2, 0.25) is 0 Å². The smallest absolute Gasteiger partial charge is 0.0432 e. The van der Waals surface area contributed by atoms with Gasteiger partial charge in [0.1, 0.15) is 0 Å². The van der Waals surface area contributed by atoms with Crippen LogP contribution in [0.15, 0.2) is 54.6 Å². The van der Waals surface area contributed by atoms with E-state index in [9.17, 15) is 0 Å². The fraction of sp³-hybridized carbons (Fsp3) is 0.294. The number of anilines is 1. The summed E-state index contributed by atoms with van der Waals surface area (Å²) < 4.78 is 0. The number of rotatable bonds is 5. The highest BCUT2D eigenvalue weighted by Gasteiger charge is 2.13. The van der Waals surface area contributed by atoms with Crippen LogP contribution < -0.4 is 4.90 Å². The lowest BCUT2D eigenvalue weighted by Gasteiger charge is -2.31. The summed E-state index contributed by atoms with van der Waals surface area (Å²) in [6.45, 7) is 5.43. The summed E-state index contributed by atoms with van der Waals surface area (Å²) >= 11 is 3.58.